The Kier molecular flexibility index (Phi) is 4.43. The van der Waals surface area contributed by atoms with Gasteiger partial charge in [0.2, 0.25) is 0 Å². The fourth-order valence-electron chi connectivity index (χ4n) is 3.75. The van der Waals surface area contributed by atoms with Crippen molar-refractivity contribution < 1.29 is 4.74 Å². The highest BCUT2D eigenvalue weighted by Crippen LogP contribution is 2.46. The fraction of sp³-hybridized carbons (Fsp3) is 0.812. The van der Waals surface area contributed by atoms with Crippen LogP contribution in [-0.4, -0.2) is 25.2 Å². The van der Waals surface area contributed by atoms with E-state index in [0.717, 1.165) is 13.2 Å². The molecule has 2 aliphatic carbocycles. The monoisotopic (exact) mass is 294 g/mol. The van der Waals surface area contributed by atoms with E-state index in [1.165, 1.54) is 55.6 Å². The molecule has 1 fully saturated rings. The number of aromatic nitrogens is 1. The topological polar surface area (TPSA) is 34.1 Å². The van der Waals surface area contributed by atoms with Crippen LogP contribution in [0.4, 0.5) is 0 Å². The summed E-state index contributed by atoms with van der Waals surface area (Å²) in [7, 11) is 1.77. The van der Waals surface area contributed by atoms with Gasteiger partial charge in [0.05, 0.1) is 17.8 Å². The highest BCUT2D eigenvalue weighted by atomic mass is 32.1. The van der Waals surface area contributed by atoms with Crippen LogP contribution in [0.1, 0.15) is 54.6 Å². The minimum absolute atomic E-state index is 0.112. The predicted molar refractivity (Wildman–Crippen MR) is 83.3 cm³/mol. The minimum Gasteiger partial charge on any atom is -0.383 e. The van der Waals surface area contributed by atoms with E-state index >= 15 is 0 Å². The summed E-state index contributed by atoms with van der Waals surface area (Å²) < 4.78 is 5.22. The number of nitrogens with one attached hydrogen (secondary N) is 1. The van der Waals surface area contributed by atoms with Crippen molar-refractivity contribution in [3.63, 3.8) is 0 Å². The number of nitrogens with zero attached hydrogens (tertiary/aromatic N) is 1. The van der Waals surface area contributed by atoms with E-state index in [2.05, 4.69) is 12.2 Å². The molecule has 3 nitrogen and oxygen atoms in total. The molecule has 0 amide bonds. The Balaban J connectivity index is 1.86. The Labute approximate surface area is 126 Å². The van der Waals surface area contributed by atoms with E-state index < -0.39 is 0 Å². The van der Waals surface area contributed by atoms with Gasteiger partial charge >= 0.3 is 0 Å². The van der Waals surface area contributed by atoms with Crippen LogP contribution in [0.25, 0.3) is 0 Å². The first kappa shape index (κ1) is 14.5. The third kappa shape index (κ3) is 2.53. The van der Waals surface area contributed by atoms with Crippen molar-refractivity contribution in [3.8, 4) is 0 Å². The van der Waals surface area contributed by atoms with Crippen molar-refractivity contribution in [3.05, 3.63) is 15.6 Å². The Bertz CT molecular complexity index is 436. The summed E-state index contributed by atoms with van der Waals surface area (Å²) in [6.45, 7) is 4.08. The van der Waals surface area contributed by atoms with Crippen molar-refractivity contribution in [2.45, 2.75) is 57.4 Å². The van der Waals surface area contributed by atoms with E-state index in [4.69, 9.17) is 9.72 Å². The van der Waals surface area contributed by atoms with Crippen molar-refractivity contribution in [1.29, 1.82) is 0 Å². The van der Waals surface area contributed by atoms with Gasteiger partial charge in [0.15, 0.2) is 0 Å². The van der Waals surface area contributed by atoms with Gasteiger partial charge in [-0.3, -0.25) is 0 Å². The van der Waals surface area contributed by atoms with Gasteiger partial charge in [-0.25, -0.2) is 4.98 Å². The zero-order chi connectivity index (χ0) is 14.0. The zero-order valence-electron chi connectivity index (χ0n) is 12.7. The summed E-state index contributed by atoms with van der Waals surface area (Å²) in [5, 5.41) is 5.15. The Morgan fingerprint density at radius 1 is 1.35 bits per heavy atom. The fourth-order valence-corrected chi connectivity index (χ4v) is 5.21. The van der Waals surface area contributed by atoms with Crippen LogP contribution in [0.15, 0.2) is 0 Å². The van der Waals surface area contributed by atoms with E-state index in [9.17, 15) is 0 Å². The average Bonchev–Trinajstić information content (AvgIpc) is 3.04. The summed E-state index contributed by atoms with van der Waals surface area (Å²) in [6.07, 6.45) is 8.94. The lowest BCUT2D eigenvalue weighted by Gasteiger charge is -2.33. The number of aryl methyl sites for hydroxylation is 2. The molecule has 4 heteroatoms. The number of fused-ring (bicyclic) bond motifs is 1. The van der Waals surface area contributed by atoms with E-state index in [1.54, 1.807) is 12.0 Å². The zero-order valence-corrected chi connectivity index (χ0v) is 13.5. The maximum atomic E-state index is 5.22. The maximum Gasteiger partial charge on any atom is 0.114 e. The third-order valence-electron chi connectivity index (χ3n) is 5.02. The van der Waals surface area contributed by atoms with Crippen LogP contribution in [0.2, 0.25) is 0 Å². The van der Waals surface area contributed by atoms with Crippen LogP contribution >= 0.6 is 11.3 Å². The molecule has 0 bridgehead atoms. The molecule has 1 aromatic rings. The first-order valence-corrected chi connectivity index (χ1v) is 8.81. The molecular weight excluding hydrogens is 268 g/mol. The molecule has 1 saturated carbocycles. The molecule has 20 heavy (non-hydrogen) atoms. The van der Waals surface area contributed by atoms with Gasteiger partial charge < -0.3 is 10.1 Å². The van der Waals surface area contributed by atoms with Gasteiger partial charge in [0, 0.05) is 18.5 Å². The number of methoxy groups -OCH3 is 1. The van der Waals surface area contributed by atoms with Crippen LogP contribution in [0, 0.1) is 5.92 Å². The number of ether oxygens (including phenoxy) is 1. The van der Waals surface area contributed by atoms with E-state index in [0.29, 0.717) is 5.92 Å². The normalized spacial score (nSPS) is 29.6. The molecule has 0 aliphatic heterocycles. The Morgan fingerprint density at radius 2 is 2.20 bits per heavy atom. The summed E-state index contributed by atoms with van der Waals surface area (Å²) in [4.78, 5) is 6.60. The standard InChI is InChI=1S/C16H26N2OS/c1-12-6-5-9-16(12,17-10-11-19-2)15-18-13-7-3-4-8-14(13)20-15/h12,17H,3-11H2,1-2H3. The lowest BCUT2D eigenvalue weighted by atomic mass is 9.88. The minimum atomic E-state index is 0.112. The average molecular weight is 294 g/mol. The number of hydrogen-bond donors (Lipinski definition) is 1. The molecule has 3 rings (SSSR count). The molecule has 2 atom stereocenters. The molecule has 0 radical (unpaired) electrons. The molecule has 0 aromatic carbocycles. The quantitative estimate of drug-likeness (QED) is 0.846. The first-order chi connectivity index (χ1) is 9.76. The van der Waals surface area contributed by atoms with Crippen molar-refractivity contribution >= 4 is 11.3 Å². The van der Waals surface area contributed by atoms with Crippen LogP contribution in [-0.2, 0) is 23.1 Å². The van der Waals surface area contributed by atoms with Crippen molar-refractivity contribution in [2.75, 3.05) is 20.3 Å². The predicted octanol–water partition coefficient (Wildman–Crippen LogP) is 3.27. The largest absolute Gasteiger partial charge is 0.383 e. The molecule has 0 saturated heterocycles. The molecular formula is C16H26N2OS. The molecule has 1 aromatic heterocycles. The maximum absolute atomic E-state index is 5.22. The molecule has 112 valence electrons. The molecule has 1 N–H and O–H groups in total. The second-order valence-electron chi connectivity index (χ2n) is 6.28. The molecule has 2 unspecified atom stereocenters. The van der Waals surface area contributed by atoms with Gasteiger partial charge in [-0.15, -0.1) is 11.3 Å². The van der Waals surface area contributed by atoms with Gasteiger partial charge in [-0.1, -0.05) is 13.3 Å². The van der Waals surface area contributed by atoms with Gasteiger partial charge in [0.1, 0.15) is 5.01 Å². The summed E-state index contributed by atoms with van der Waals surface area (Å²) in [6, 6.07) is 0. The highest BCUT2D eigenvalue weighted by molar-refractivity contribution is 7.11. The first-order valence-electron chi connectivity index (χ1n) is 7.99. The second kappa shape index (κ2) is 6.12. The van der Waals surface area contributed by atoms with Crippen LogP contribution in [0.3, 0.4) is 0 Å². The number of thiazole rings is 1. The van der Waals surface area contributed by atoms with Gasteiger partial charge in [0.25, 0.3) is 0 Å². The lowest BCUT2D eigenvalue weighted by Crippen LogP contribution is -2.45. The number of rotatable bonds is 5. The Morgan fingerprint density at radius 3 is 2.90 bits per heavy atom. The summed E-state index contributed by atoms with van der Waals surface area (Å²) in [5.74, 6) is 0.673. The summed E-state index contributed by atoms with van der Waals surface area (Å²) in [5.41, 5.74) is 1.50. The van der Waals surface area contributed by atoms with Crippen molar-refractivity contribution in [2.24, 2.45) is 5.92 Å². The van der Waals surface area contributed by atoms with Crippen LogP contribution in [0.5, 0.6) is 0 Å². The van der Waals surface area contributed by atoms with Gasteiger partial charge in [-0.05, 0) is 44.4 Å². The molecule has 0 spiro atoms. The summed E-state index contributed by atoms with van der Waals surface area (Å²) >= 11 is 1.98. The highest BCUT2D eigenvalue weighted by Gasteiger charge is 2.44. The third-order valence-corrected chi connectivity index (χ3v) is 6.36. The Hall–Kier alpha value is -0.450. The smallest absolute Gasteiger partial charge is 0.114 e. The van der Waals surface area contributed by atoms with E-state index in [1.807, 2.05) is 11.3 Å². The van der Waals surface area contributed by atoms with E-state index in [-0.39, 0.29) is 5.54 Å². The second-order valence-corrected chi connectivity index (χ2v) is 7.36. The molecule has 1 heterocycles. The SMILES string of the molecule is COCCNC1(c2nc3c(s2)CCCC3)CCCC1C. The lowest BCUT2D eigenvalue weighted by molar-refractivity contribution is 0.172. The molecule has 2 aliphatic rings. The number of hydrogen-bond acceptors (Lipinski definition) is 4. The van der Waals surface area contributed by atoms with Gasteiger partial charge in [-0.2, -0.15) is 0 Å². The van der Waals surface area contributed by atoms with Crippen molar-refractivity contribution in [1.82, 2.24) is 10.3 Å². The van der Waals surface area contributed by atoms with Crippen LogP contribution < -0.4 is 5.32 Å².